The molecule has 0 fully saturated rings. The number of nitrogens with zero attached hydrogens (tertiary/aromatic N) is 2. The van der Waals surface area contributed by atoms with Gasteiger partial charge in [0.05, 0.1) is 0 Å². The highest BCUT2D eigenvalue weighted by Crippen LogP contribution is 2.33. The molecule has 2 heterocycles. The number of aromatic nitrogens is 2. The summed E-state index contributed by atoms with van der Waals surface area (Å²) in [6.07, 6.45) is 0. The van der Waals surface area contributed by atoms with E-state index in [1.807, 2.05) is 44.2 Å². The van der Waals surface area contributed by atoms with Crippen LogP contribution >= 0.6 is 0 Å². The first-order valence-corrected chi connectivity index (χ1v) is 9.38. The number of hydrogen-bond donors (Lipinski definition) is 2. The van der Waals surface area contributed by atoms with Gasteiger partial charge in [-0.1, -0.05) is 6.07 Å². The van der Waals surface area contributed by atoms with Gasteiger partial charge in [0.1, 0.15) is 30.5 Å². The summed E-state index contributed by atoms with van der Waals surface area (Å²) in [4.78, 5) is 21.4. The van der Waals surface area contributed by atoms with Crippen LogP contribution in [0.1, 0.15) is 27.4 Å². The highest BCUT2D eigenvalue weighted by atomic mass is 16.6. The summed E-state index contributed by atoms with van der Waals surface area (Å²) in [5, 5.41) is 6.11. The average molecular weight is 390 g/mol. The van der Waals surface area contributed by atoms with E-state index in [2.05, 4.69) is 26.7 Å². The topological polar surface area (TPSA) is 85.4 Å². The Labute approximate surface area is 169 Å². The van der Waals surface area contributed by atoms with E-state index in [9.17, 15) is 4.79 Å². The summed E-state index contributed by atoms with van der Waals surface area (Å²) >= 11 is 0. The highest BCUT2D eigenvalue weighted by Gasteiger charge is 2.14. The number of nitrogens with one attached hydrogen (secondary N) is 2. The SMILES string of the molecule is Cc1cc(C)cc(NC(=O)c2cc(Nc3ccc4c(c3)OCCO4)nc(C)n2)c1. The van der Waals surface area contributed by atoms with Crippen LogP contribution < -0.4 is 20.1 Å². The smallest absolute Gasteiger partial charge is 0.274 e. The molecule has 0 aliphatic carbocycles. The molecule has 0 spiro atoms. The van der Waals surface area contributed by atoms with Gasteiger partial charge in [0.25, 0.3) is 5.91 Å². The van der Waals surface area contributed by atoms with Crippen LogP contribution in [0.3, 0.4) is 0 Å². The van der Waals surface area contributed by atoms with Gasteiger partial charge in [-0.2, -0.15) is 0 Å². The summed E-state index contributed by atoms with van der Waals surface area (Å²) in [5.41, 5.74) is 3.98. The third-order valence-electron chi connectivity index (χ3n) is 4.36. The number of carbonyl (C=O) groups is 1. The van der Waals surface area contributed by atoms with E-state index >= 15 is 0 Å². The van der Waals surface area contributed by atoms with Crippen LogP contribution in [0, 0.1) is 20.8 Å². The number of benzene rings is 2. The molecular formula is C22H22N4O3. The van der Waals surface area contributed by atoms with Crippen molar-refractivity contribution in [2.75, 3.05) is 23.8 Å². The van der Waals surface area contributed by atoms with E-state index in [0.29, 0.717) is 36.4 Å². The van der Waals surface area contributed by atoms with Crippen molar-refractivity contribution in [3.63, 3.8) is 0 Å². The Bertz CT molecular complexity index is 1060. The third kappa shape index (κ3) is 4.45. The Morgan fingerprint density at radius 1 is 0.862 bits per heavy atom. The molecule has 1 aromatic heterocycles. The molecule has 0 atom stereocenters. The molecule has 2 aromatic carbocycles. The number of aryl methyl sites for hydroxylation is 3. The van der Waals surface area contributed by atoms with Gasteiger partial charge in [0, 0.05) is 23.5 Å². The zero-order valence-corrected chi connectivity index (χ0v) is 16.6. The minimum atomic E-state index is -0.286. The maximum atomic E-state index is 12.7. The molecular weight excluding hydrogens is 368 g/mol. The van der Waals surface area contributed by atoms with Gasteiger partial charge in [-0.15, -0.1) is 0 Å². The normalized spacial score (nSPS) is 12.4. The van der Waals surface area contributed by atoms with Crippen LogP contribution in [0.5, 0.6) is 11.5 Å². The largest absolute Gasteiger partial charge is 0.486 e. The zero-order valence-electron chi connectivity index (χ0n) is 16.6. The predicted molar refractivity (Wildman–Crippen MR) is 111 cm³/mol. The standard InChI is InChI=1S/C22H22N4O3/c1-13-8-14(2)10-17(9-13)26-22(27)18-12-21(24-15(3)23-18)25-16-4-5-19-20(11-16)29-7-6-28-19/h4-5,8-12H,6-7H2,1-3H3,(H,26,27)(H,23,24,25). The molecule has 0 bridgehead atoms. The predicted octanol–water partition coefficient (Wildman–Crippen LogP) is 4.17. The van der Waals surface area contributed by atoms with E-state index in [4.69, 9.17) is 9.47 Å². The van der Waals surface area contributed by atoms with Crippen molar-refractivity contribution >= 4 is 23.1 Å². The molecule has 1 amide bonds. The fourth-order valence-corrected chi connectivity index (χ4v) is 3.26. The first-order chi connectivity index (χ1) is 14.0. The first-order valence-electron chi connectivity index (χ1n) is 9.38. The lowest BCUT2D eigenvalue weighted by Crippen LogP contribution is -2.16. The highest BCUT2D eigenvalue weighted by molar-refractivity contribution is 6.03. The maximum absolute atomic E-state index is 12.7. The van der Waals surface area contributed by atoms with Crippen molar-refractivity contribution < 1.29 is 14.3 Å². The number of hydrogen-bond acceptors (Lipinski definition) is 6. The summed E-state index contributed by atoms with van der Waals surface area (Å²) < 4.78 is 11.2. The van der Waals surface area contributed by atoms with Crippen molar-refractivity contribution in [1.82, 2.24) is 9.97 Å². The van der Waals surface area contributed by atoms with Gasteiger partial charge in [-0.25, -0.2) is 9.97 Å². The van der Waals surface area contributed by atoms with Crippen molar-refractivity contribution in [1.29, 1.82) is 0 Å². The van der Waals surface area contributed by atoms with E-state index in [0.717, 1.165) is 22.5 Å². The summed E-state index contributed by atoms with van der Waals surface area (Å²) in [6.45, 7) is 6.80. The van der Waals surface area contributed by atoms with E-state index in [1.165, 1.54) is 0 Å². The quantitative estimate of drug-likeness (QED) is 0.695. The number of amides is 1. The van der Waals surface area contributed by atoms with Crippen LogP contribution in [0.15, 0.2) is 42.5 Å². The maximum Gasteiger partial charge on any atom is 0.274 e. The second kappa shape index (κ2) is 7.79. The molecule has 7 nitrogen and oxygen atoms in total. The van der Waals surface area contributed by atoms with E-state index < -0.39 is 0 Å². The molecule has 3 aromatic rings. The van der Waals surface area contributed by atoms with Crippen LogP contribution in [-0.2, 0) is 0 Å². The van der Waals surface area contributed by atoms with Crippen molar-refractivity contribution in [3.8, 4) is 11.5 Å². The lowest BCUT2D eigenvalue weighted by atomic mass is 10.1. The molecule has 1 aliphatic heterocycles. The molecule has 4 rings (SSSR count). The molecule has 7 heteroatoms. The molecule has 148 valence electrons. The summed E-state index contributed by atoms with van der Waals surface area (Å²) in [6, 6.07) is 13.1. The molecule has 0 saturated heterocycles. The van der Waals surface area contributed by atoms with Crippen LogP contribution in [0.2, 0.25) is 0 Å². The molecule has 0 saturated carbocycles. The Balaban J connectivity index is 1.55. The second-order valence-electron chi connectivity index (χ2n) is 7.00. The number of anilines is 3. The Morgan fingerprint density at radius 3 is 2.34 bits per heavy atom. The van der Waals surface area contributed by atoms with Crippen molar-refractivity contribution in [2.24, 2.45) is 0 Å². The molecule has 29 heavy (non-hydrogen) atoms. The summed E-state index contributed by atoms with van der Waals surface area (Å²) in [7, 11) is 0. The van der Waals surface area contributed by atoms with Crippen LogP contribution in [0.4, 0.5) is 17.2 Å². The molecule has 1 aliphatic rings. The third-order valence-corrected chi connectivity index (χ3v) is 4.36. The first kappa shape index (κ1) is 18.7. The number of fused-ring (bicyclic) bond motifs is 1. The van der Waals surface area contributed by atoms with Gasteiger partial charge in [-0.3, -0.25) is 4.79 Å². The lowest BCUT2D eigenvalue weighted by Gasteiger charge is -2.19. The fourth-order valence-electron chi connectivity index (χ4n) is 3.26. The van der Waals surface area contributed by atoms with Gasteiger partial charge < -0.3 is 20.1 Å². The zero-order chi connectivity index (χ0) is 20.4. The van der Waals surface area contributed by atoms with Gasteiger partial charge in [0.2, 0.25) is 0 Å². The number of carbonyl (C=O) groups excluding carboxylic acids is 1. The van der Waals surface area contributed by atoms with Gasteiger partial charge in [0.15, 0.2) is 11.5 Å². The number of ether oxygens (including phenoxy) is 2. The van der Waals surface area contributed by atoms with Gasteiger partial charge in [-0.05, 0) is 56.2 Å². The second-order valence-corrected chi connectivity index (χ2v) is 7.00. The molecule has 0 radical (unpaired) electrons. The minimum absolute atomic E-state index is 0.286. The van der Waals surface area contributed by atoms with Crippen molar-refractivity contribution in [3.05, 3.63) is 65.1 Å². The number of rotatable bonds is 4. The molecule has 2 N–H and O–H groups in total. The van der Waals surface area contributed by atoms with E-state index in [1.54, 1.807) is 13.0 Å². The van der Waals surface area contributed by atoms with Crippen LogP contribution in [0.25, 0.3) is 0 Å². The average Bonchev–Trinajstić information content (AvgIpc) is 2.66. The summed E-state index contributed by atoms with van der Waals surface area (Å²) in [5.74, 6) is 2.14. The van der Waals surface area contributed by atoms with Crippen LogP contribution in [-0.4, -0.2) is 29.1 Å². The lowest BCUT2D eigenvalue weighted by molar-refractivity contribution is 0.102. The Morgan fingerprint density at radius 2 is 1.59 bits per heavy atom. The monoisotopic (exact) mass is 390 g/mol. The molecule has 0 unspecified atom stereocenters. The van der Waals surface area contributed by atoms with Crippen molar-refractivity contribution in [2.45, 2.75) is 20.8 Å². The van der Waals surface area contributed by atoms with Gasteiger partial charge >= 0.3 is 0 Å². The Hall–Kier alpha value is -3.61. The Kier molecular flexibility index (Phi) is 5.03. The van der Waals surface area contributed by atoms with E-state index in [-0.39, 0.29) is 11.6 Å². The fraction of sp³-hybridized carbons (Fsp3) is 0.227. The minimum Gasteiger partial charge on any atom is -0.486 e.